The van der Waals surface area contributed by atoms with Crippen LogP contribution in [-0.2, 0) is 23.8 Å². The number of carbonyl (C=O) groups excluding carboxylic acids is 4. The Hall–Kier alpha value is -5.90. The van der Waals surface area contributed by atoms with Crippen molar-refractivity contribution in [3.05, 3.63) is 66.5 Å². The highest BCUT2D eigenvalue weighted by atomic mass is 16.5. The molecule has 0 spiro atoms. The summed E-state index contributed by atoms with van der Waals surface area (Å²) in [4.78, 5) is 73.0. The van der Waals surface area contributed by atoms with E-state index in [-0.39, 0.29) is 30.0 Å². The minimum atomic E-state index is -0.994. The van der Waals surface area contributed by atoms with E-state index in [2.05, 4.69) is 63.1 Å². The molecule has 4 bridgehead atoms. The molecule has 2 aromatic heterocycles. The maximum absolute atomic E-state index is 14.3. The Kier molecular flexibility index (Phi) is 12.6. The van der Waals surface area contributed by atoms with Gasteiger partial charge in [-0.2, -0.15) is 0 Å². The summed E-state index contributed by atoms with van der Waals surface area (Å²) < 4.78 is 22.7. The minimum Gasteiger partial charge on any atom is -0.493 e. The average molecular weight is 877 g/mol. The molecule has 2 saturated heterocycles. The first kappa shape index (κ1) is 43.4. The van der Waals surface area contributed by atoms with Gasteiger partial charge in [-0.25, -0.2) is 19.6 Å². The number of aromatic amines is 2. The lowest BCUT2D eigenvalue weighted by atomic mass is 9.75. The Bertz CT molecular complexity index is 2320. The summed E-state index contributed by atoms with van der Waals surface area (Å²) in [6.07, 6.45) is 14.9. The number of methoxy groups -OCH3 is 2. The third kappa shape index (κ3) is 8.68. The lowest BCUT2D eigenvalue weighted by Gasteiger charge is -2.43. The Balaban J connectivity index is 0.942. The molecule has 5 heterocycles. The molecule has 0 unspecified atom stereocenters. The SMILES string of the molecule is COC(=O)NC1(C(=O)N2CCC[C@H]2c2ncc(-c3ccc(-c4ccc5c(c4)OCCCCCCCCO[C@H]4C[C@@H](c6ncc-5[nH]6)N(C(=O)C5(NC(=O)OC)CCC5)C4)cc3)[nH]2)CCC1. The van der Waals surface area contributed by atoms with Crippen LogP contribution in [-0.4, -0.2) is 111 Å². The molecule has 2 aliphatic carbocycles. The Labute approximate surface area is 373 Å². The zero-order chi connectivity index (χ0) is 44.3. The van der Waals surface area contributed by atoms with Gasteiger partial charge in [-0.3, -0.25) is 9.59 Å². The van der Waals surface area contributed by atoms with Crippen molar-refractivity contribution in [3.8, 4) is 39.4 Å². The van der Waals surface area contributed by atoms with Gasteiger partial charge >= 0.3 is 12.2 Å². The molecule has 4 N–H and O–H groups in total. The number of fused-ring (bicyclic) bond motifs is 7. The lowest BCUT2D eigenvalue weighted by molar-refractivity contribution is -0.143. The molecule has 2 saturated carbocycles. The van der Waals surface area contributed by atoms with Crippen molar-refractivity contribution in [2.24, 2.45) is 0 Å². The second-order valence-electron chi connectivity index (χ2n) is 18.1. The number of nitrogens with one attached hydrogen (secondary N) is 4. The van der Waals surface area contributed by atoms with Crippen molar-refractivity contribution in [1.29, 1.82) is 0 Å². The quantitative estimate of drug-likeness (QED) is 0.143. The van der Waals surface area contributed by atoms with E-state index in [4.69, 9.17) is 28.9 Å². The zero-order valence-electron chi connectivity index (χ0n) is 36.9. The van der Waals surface area contributed by atoms with E-state index in [9.17, 15) is 19.2 Å². The Morgan fingerprint density at radius 3 is 1.91 bits per heavy atom. The van der Waals surface area contributed by atoms with Crippen molar-refractivity contribution < 1.29 is 38.1 Å². The van der Waals surface area contributed by atoms with Gasteiger partial charge in [0.05, 0.1) is 62.8 Å². The highest BCUT2D eigenvalue weighted by molar-refractivity contribution is 5.92. The molecular formula is C48H60N8O8. The van der Waals surface area contributed by atoms with Crippen LogP contribution in [0.3, 0.4) is 0 Å². The van der Waals surface area contributed by atoms with Gasteiger partial charge in [0, 0.05) is 31.7 Å². The average Bonchev–Trinajstić information content (AvgIpc) is 4.13. The molecule has 4 aromatic rings. The van der Waals surface area contributed by atoms with Crippen molar-refractivity contribution in [2.45, 2.75) is 126 Å². The van der Waals surface area contributed by atoms with E-state index < -0.39 is 23.3 Å². The molecule has 16 nitrogen and oxygen atoms in total. The zero-order valence-corrected chi connectivity index (χ0v) is 36.9. The van der Waals surface area contributed by atoms with Crippen LogP contribution in [0, 0.1) is 0 Å². The van der Waals surface area contributed by atoms with Crippen LogP contribution in [0.5, 0.6) is 5.75 Å². The number of nitrogens with zero attached hydrogens (tertiary/aromatic N) is 4. The highest BCUT2D eigenvalue weighted by Gasteiger charge is 2.52. The third-order valence-electron chi connectivity index (χ3n) is 14.1. The minimum absolute atomic E-state index is 0.0733. The summed E-state index contributed by atoms with van der Waals surface area (Å²) in [5.74, 6) is 1.94. The summed E-state index contributed by atoms with van der Waals surface area (Å²) in [6.45, 7) is 2.25. The second-order valence-corrected chi connectivity index (χ2v) is 18.1. The van der Waals surface area contributed by atoms with E-state index in [1.165, 1.54) is 14.2 Å². The van der Waals surface area contributed by atoms with Gasteiger partial charge in [0.25, 0.3) is 0 Å². The molecule has 340 valence electrons. The van der Waals surface area contributed by atoms with Crippen LogP contribution in [0.25, 0.3) is 33.6 Å². The topological polar surface area (TPSA) is 193 Å². The maximum atomic E-state index is 14.3. The maximum Gasteiger partial charge on any atom is 0.407 e. The number of imidazole rings is 2. The normalized spacial score (nSPS) is 22.9. The van der Waals surface area contributed by atoms with Gasteiger partial charge in [0.15, 0.2) is 0 Å². The number of hydrogen-bond acceptors (Lipinski definition) is 10. The van der Waals surface area contributed by atoms with Gasteiger partial charge in [-0.05, 0) is 93.0 Å². The number of alkyl carbamates (subject to hydrolysis) is 2. The van der Waals surface area contributed by atoms with Gasteiger partial charge < -0.3 is 49.3 Å². The predicted octanol–water partition coefficient (Wildman–Crippen LogP) is 7.75. The van der Waals surface area contributed by atoms with Crippen molar-refractivity contribution >= 4 is 24.0 Å². The number of benzene rings is 2. The van der Waals surface area contributed by atoms with Crippen molar-refractivity contribution in [2.75, 3.05) is 40.5 Å². The van der Waals surface area contributed by atoms with Crippen molar-refractivity contribution in [1.82, 2.24) is 40.4 Å². The number of rotatable bonds is 7. The molecule has 5 aliphatic rings. The molecule has 4 amide bonds. The summed E-state index contributed by atoms with van der Waals surface area (Å²) in [7, 11) is 2.63. The van der Waals surface area contributed by atoms with Crippen LogP contribution >= 0.6 is 0 Å². The molecule has 2 aromatic carbocycles. The van der Waals surface area contributed by atoms with Gasteiger partial charge in [-0.15, -0.1) is 0 Å². The molecule has 3 aliphatic heterocycles. The molecule has 3 atom stereocenters. The molecular weight excluding hydrogens is 817 g/mol. The van der Waals surface area contributed by atoms with Crippen molar-refractivity contribution in [3.63, 3.8) is 0 Å². The highest BCUT2D eigenvalue weighted by Crippen LogP contribution is 2.43. The number of aromatic nitrogens is 4. The number of H-pyrrole nitrogens is 2. The Morgan fingerprint density at radius 2 is 1.25 bits per heavy atom. The Morgan fingerprint density at radius 1 is 0.672 bits per heavy atom. The van der Waals surface area contributed by atoms with E-state index >= 15 is 0 Å². The monoisotopic (exact) mass is 876 g/mol. The van der Waals surface area contributed by atoms with E-state index in [1.54, 1.807) is 0 Å². The molecule has 9 rings (SSSR count). The van der Waals surface area contributed by atoms with Gasteiger partial charge in [-0.1, -0.05) is 56.0 Å². The third-order valence-corrected chi connectivity index (χ3v) is 14.1. The molecule has 4 fully saturated rings. The molecule has 0 radical (unpaired) electrons. The first-order valence-corrected chi connectivity index (χ1v) is 23.1. The fraction of sp³-hybridized carbons (Fsp3) is 0.542. The molecule has 64 heavy (non-hydrogen) atoms. The largest absolute Gasteiger partial charge is 0.493 e. The number of amides is 4. The van der Waals surface area contributed by atoms with E-state index in [0.717, 1.165) is 109 Å². The van der Waals surface area contributed by atoms with Crippen LogP contribution < -0.4 is 15.4 Å². The number of carbonyl (C=O) groups is 4. The summed E-state index contributed by atoms with van der Waals surface area (Å²) in [5.41, 5.74) is 3.60. The van der Waals surface area contributed by atoms with Gasteiger partial charge in [0.1, 0.15) is 28.5 Å². The first-order valence-electron chi connectivity index (χ1n) is 23.1. The first-order chi connectivity index (χ1) is 31.2. The summed E-state index contributed by atoms with van der Waals surface area (Å²) in [6, 6.07) is 14.0. The van der Waals surface area contributed by atoms with Crippen LogP contribution in [0.2, 0.25) is 0 Å². The fourth-order valence-electron chi connectivity index (χ4n) is 10.1. The predicted molar refractivity (Wildman–Crippen MR) is 237 cm³/mol. The smallest absolute Gasteiger partial charge is 0.407 e. The summed E-state index contributed by atoms with van der Waals surface area (Å²) in [5, 5.41) is 5.68. The van der Waals surface area contributed by atoms with E-state index in [1.807, 2.05) is 22.2 Å². The van der Waals surface area contributed by atoms with Crippen LogP contribution in [0.1, 0.15) is 120 Å². The van der Waals surface area contributed by atoms with Gasteiger partial charge in [0.2, 0.25) is 11.8 Å². The standard InChI is InChI=1S/C48H60N8O8/c1-61-45(59)53-47(19-10-20-47)43(57)55-23-9-12-38(55)41-49-28-36(51-41)32-15-13-31(14-16-32)33-17-18-35-37-29-50-42(52-37)39-27-34(63-24-7-5-3-4-6-8-25-64-40(35)26-33)30-56(39)44(58)48(21-11-22-48)54-46(60)62-2/h13-18,26,28-29,34,38-39H,3-12,19-25,27,30H2,1-2H3,(H,49,51)(H,50,52)(H,53,59)(H,54,60)/t34-,38-,39-/m0/s1. The fourth-order valence-corrected chi connectivity index (χ4v) is 10.1. The number of likely N-dealkylation sites (tertiary alicyclic amines) is 2. The number of hydrogen-bond donors (Lipinski definition) is 4. The second kappa shape index (κ2) is 18.7. The lowest BCUT2D eigenvalue weighted by Crippen LogP contribution is -2.63. The van der Waals surface area contributed by atoms with Crippen LogP contribution in [0.4, 0.5) is 9.59 Å². The molecule has 16 heteroatoms. The summed E-state index contributed by atoms with van der Waals surface area (Å²) >= 11 is 0. The number of ether oxygens (including phenoxy) is 4. The van der Waals surface area contributed by atoms with Crippen LogP contribution in [0.15, 0.2) is 54.9 Å². The van der Waals surface area contributed by atoms with E-state index in [0.29, 0.717) is 64.2 Å².